The van der Waals surface area contributed by atoms with Crippen LogP contribution in [0.4, 0.5) is 5.69 Å². The monoisotopic (exact) mass is 406 g/mol. The molecule has 0 saturated carbocycles. The predicted molar refractivity (Wildman–Crippen MR) is 118 cm³/mol. The van der Waals surface area contributed by atoms with Gasteiger partial charge in [0.05, 0.1) is 5.75 Å². The lowest BCUT2D eigenvalue weighted by atomic mass is 10.1. The molecule has 0 spiro atoms. The van der Waals surface area contributed by atoms with Gasteiger partial charge in [-0.15, -0.1) is 0 Å². The Bertz CT molecular complexity index is 1340. The summed E-state index contributed by atoms with van der Waals surface area (Å²) >= 11 is 0. The minimum Gasteiger partial charge on any atom is -0.341 e. The van der Waals surface area contributed by atoms with Crippen molar-refractivity contribution in [2.24, 2.45) is 0 Å². The van der Waals surface area contributed by atoms with Crippen LogP contribution in [0.25, 0.3) is 21.8 Å². The molecule has 0 atom stereocenters. The zero-order valence-corrected chi connectivity index (χ0v) is 17.2. The fourth-order valence-corrected chi connectivity index (χ4v) is 4.57. The molecule has 0 aliphatic heterocycles. The molecule has 0 aliphatic rings. The van der Waals surface area contributed by atoms with Crippen LogP contribution in [-0.2, 0) is 22.1 Å². The van der Waals surface area contributed by atoms with E-state index >= 15 is 0 Å². The number of anilines is 1. The van der Waals surface area contributed by atoms with Crippen molar-refractivity contribution < 1.29 is 13.2 Å². The molecule has 0 saturated heterocycles. The number of aryl methyl sites for hydroxylation is 1. The van der Waals surface area contributed by atoms with E-state index in [-0.39, 0.29) is 11.7 Å². The SMILES string of the molecule is CCn1c2ccccc2c2cc(NC(=O)c3cccc(CS(C)(=O)=O)c3)ccc21. The Morgan fingerprint density at radius 1 is 0.931 bits per heavy atom. The molecule has 4 aromatic rings. The standard InChI is InChI=1S/C23H22N2O3S/c1-3-25-21-10-5-4-9-19(21)20-14-18(11-12-22(20)25)24-23(26)17-8-6-7-16(13-17)15-29(2,27)28/h4-14H,3,15H2,1-2H3,(H,24,26). The van der Waals surface area contributed by atoms with E-state index in [1.165, 1.54) is 11.8 Å². The molecule has 0 aliphatic carbocycles. The maximum Gasteiger partial charge on any atom is 0.255 e. The first kappa shape index (κ1) is 19.2. The Labute approximate surface area is 169 Å². The van der Waals surface area contributed by atoms with Crippen LogP contribution in [0.2, 0.25) is 0 Å². The number of aromatic nitrogens is 1. The number of hydrogen-bond donors (Lipinski definition) is 1. The normalized spacial score (nSPS) is 11.8. The molecule has 1 heterocycles. The molecule has 1 amide bonds. The number of rotatable bonds is 5. The highest BCUT2D eigenvalue weighted by atomic mass is 32.2. The highest BCUT2D eigenvalue weighted by Crippen LogP contribution is 2.31. The molecule has 1 aromatic heterocycles. The van der Waals surface area contributed by atoms with E-state index in [1.54, 1.807) is 24.3 Å². The van der Waals surface area contributed by atoms with E-state index in [2.05, 4.69) is 28.9 Å². The highest BCUT2D eigenvalue weighted by molar-refractivity contribution is 7.89. The molecule has 4 rings (SSSR count). The van der Waals surface area contributed by atoms with Crippen molar-refractivity contribution in [1.29, 1.82) is 0 Å². The van der Waals surface area contributed by atoms with Gasteiger partial charge in [-0.25, -0.2) is 8.42 Å². The van der Waals surface area contributed by atoms with Crippen molar-refractivity contribution in [2.45, 2.75) is 19.2 Å². The minimum absolute atomic E-state index is 0.0867. The zero-order chi connectivity index (χ0) is 20.6. The number of fused-ring (bicyclic) bond motifs is 3. The van der Waals surface area contributed by atoms with Crippen LogP contribution in [0.15, 0.2) is 66.7 Å². The number of amides is 1. The van der Waals surface area contributed by atoms with E-state index in [9.17, 15) is 13.2 Å². The summed E-state index contributed by atoms with van der Waals surface area (Å²) in [6.45, 7) is 2.98. The van der Waals surface area contributed by atoms with E-state index in [0.717, 1.165) is 22.8 Å². The number of hydrogen-bond acceptors (Lipinski definition) is 3. The molecule has 0 fully saturated rings. The smallest absolute Gasteiger partial charge is 0.255 e. The summed E-state index contributed by atoms with van der Waals surface area (Å²) in [6, 6.07) is 20.9. The number of sulfone groups is 1. The molecule has 29 heavy (non-hydrogen) atoms. The summed E-state index contributed by atoms with van der Waals surface area (Å²) in [7, 11) is -3.16. The quantitative estimate of drug-likeness (QED) is 0.526. The summed E-state index contributed by atoms with van der Waals surface area (Å²) in [5.74, 6) is -0.352. The van der Waals surface area contributed by atoms with Gasteiger partial charge in [0, 0.05) is 45.9 Å². The Morgan fingerprint density at radius 3 is 2.45 bits per heavy atom. The van der Waals surface area contributed by atoms with Gasteiger partial charge in [-0.3, -0.25) is 4.79 Å². The Morgan fingerprint density at radius 2 is 1.69 bits per heavy atom. The van der Waals surface area contributed by atoms with Gasteiger partial charge < -0.3 is 9.88 Å². The summed E-state index contributed by atoms with van der Waals surface area (Å²) in [6.07, 6.45) is 1.18. The average molecular weight is 407 g/mol. The van der Waals surface area contributed by atoms with Crippen LogP contribution in [0.1, 0.15) is 22.8 Å². The van der Waals surface area contributed by atoms with Crippen molar-refractivity contribution in [3.8, 4) is 0 Å². The fourth-order valence-electron chi connectivity index (χ4n) is 3.78. The first-order chi connectivity index (χ1) is 13.9. The second-order valence-corrected chi connectivity index (χ2v) is 9.36. The number of benzene rings is 3. The molecule has 5 nitrogen and oxygen atoms in total. The lowest BCUT2D eigenvalue weighted by Crippen LogP contribution is -2.12. The van der Waals surface area contributed by atoms with Crippen molar-refractivity contribution in [2.75, 3.05) is 11.6 Å². The molecule has 6 heteroatoms. The van der Waals surface area contributed by atoms with Gasteiger partial charge in [0.1, 0.15) is 0 Å². The third-order valence-electron chi connectivity index (χ3n) is 4.96. The van der Waals surface area contributed by atoms with Crippen molar-refractivity contribution >= 4 is 43.2 Å². The van der Waals surface area contributed by atoms with Gasteiger partial charge in [0.2, 0.25) is 0 Å². The van der Waals surface area contributed by atoms with Gasteiger partial charge in [-0.05, 0) is 48.9 Å². The van der Waals surface area contributed by atoms with Crippen molar-refractivity contribution in [3.05, 3.63) is 77.9 Å². The molecule has 0 bridgehead atoms. The molecular weight excluding hydrogens is 384 g/mol. The average Bonchev–Trinajstić information content (AvgIpc) is 3.00. The van der Waals surface area contributed by atoms with Gasteiger partial charge in [-0.2, -0.15) is 0 Å². The summed E-state index contributed by atoms with van der Waals surface area (Å²) in [5.41, 5.74) is 4.03. The van der Waals surface area contributed by atoms with Crippen LogP contribution >= 0.6 is 0 Å². The van der Waals surface area contributed by atoms with Crippen LogP contribution < -0.4 is 5.32 Å². The largest absolute Gasteiger partial charge is 0.341 e. The zero-order valence-electron chi connectivity index (χ0n) is 16.3. The molecule has 0 unspecified atom stereocenters. The molecule has 148 valence electrons. The second kappa shape index (κ2) is 7.37. The Kier molecular flexibility index (Phi) is 4.88. The molecule has 0 radical (unpaired) electrons. The third kappa shape index (κ3) is 3.89. The first-order valence-electron chi connectivity index (χ1n) is 9.45. The van der Waals surface area contributed by atoms with Crippen molar-refractivity contribution in [3.63, 3.8) is 0 Å². The van der Waals surface area contributed by atoms with Crippen LogP contribution in [0, 0.1) is 0 Å². The van der Waals surface area contributed by atoms with Gasteiger partial charge in [0.25, 0.3) is 5.91 Å². The Hall–Kier alpha value is -3.12. The lowest BCUT2D eigenvalue weighted by Gasteiger charge is -2.08. The van der Waals surface area contributed by atoms with Gasteiger partial charge in [-0.1, -0.05) is 30.3 Å². The molecular formula is C23H22N2O3S. The van der Waals surface area contributed by atoms with Crippen LogP contribution in [0.3, 0.4) is 0 Å². The van der Waals surface area contributed by atoms with E-state index in [4.69, 9.17) is 0 Å². The lowest BCUT2D eigenvalue weighted by molar-refractivity contribution is 0.102. The van der Waals surface area contributed by atoms with Gasteiger partial charge in [0.15, 0.2) is 9.84 Å². The van der Waals surface area contributed by atoms with Crippen LogP contribution in [-0.4, -0.2) is 25.1 Å². The van der Waals surface area contributed by atoms with Gasteiger partial charge >= 0.3 is 0 Å². The Balaban J connectivity index is 1.67. The summed E-state index contributed by atoms with van der Waals surface area (Å²) in [4.78, 5) is 12.7. The number of carbonyl (C=O) groups is 1. The molecule has 1 N–H and O–H groups in total. The fraction of sp³-hybridized carbons (Fsp3) is 0.174. The third-order valence-corrected chi connectivity index (χ3v) is 5.82. The number of nitrogens with one attached hydrogen (secondary N) is 1. The van der Waals surface area contributed by atoms with Crippen LogP contribution in [0.5, 0.6) is 0 Å². The number of nitrogens with zero attached hydrogens (tertiary/aromatic N) is 1. The van der Waals surface area contributed by atoms with Crippen molar-refractivity contribution in [1.82, 2.24) is 4.57 Å². The predicted octanol–water partition coefficient (Wildman–Crippen LogP) is 4.61. The molecule has 3 aromatic carbocycles. The second-order valence-electron chi connectivity index (χ2n) is 7.22. The minimum atomic E-state index is -3.16. The van der Waals surface area contributed by atoms with E-state index in [1.807, 2.05) is 30.3 Å². The number of para-hydroxylation sites is 1. The highest BCUT2D eigenvalue weighted by Gasteiger charge is 2.13. The first-order valence-corrected chi connectivity index (χ1v) is 11.5. The number of carbonyl (C=O) groups excluding carboxylic acids is 1. The topological polar surface area (TPSA) is 68.2 Å². The maximum absolute atomic E-state index is 12.7. The van der Waals surface area contributed by atoms with E-state index in [0.29, 0.717) is 16.8 Å². The summed E-state index contributed by atoms with van der Waals surface area (Å²) in [5, 5.41) is 5.17. The van der Waals surface area contributed by atoms with E-state index < -0.39 is 9.84 Å². The maximum atomic E-state index is 12.7. The summed E-state index contributed by atoms with van der Waals surface area (Å²) < 4.78 is 25.3.